The summed E-state index contributed by atoms with van der Waals surface area (Å²) in [7, 11) is -3.73. The van der Waals surface area contributed by atoms with Crippen LogP contribution in [0.1, 0.15) is 11.1 Å². The van der Waals surface area contributed by atoms with Crippen LogP contribution in [0, 0.1) is 0 Å². The molecule has 1 N–H and O–H groups in total. The van der Waals surface area contributed by atoms with Crippen LogP contribution >= 0.6 is 27.5 Å². The zero-order chi connectivity index (χ0) is 20.0. The van der Waals surface area contributed by atoms with E-state index < -0.39 is 10.0 Å². The molecule has 0 spiro atoms. The molecule has 144 valence electrons. The number of benzene rings is 3. The molecule has 0 saturated carbocycles. The quantitative estimate of drug-likeness (QED) is 0.383. The molecule has 0 aliphatic carbocycles. The van der Waals surface area contributed by atoms with Crippen molar-refractivity contribution in [1.29, 1.82) is 0 Å². The van der Waals surface area contributed by atoms with E-state index in [1.54, 1.807) is 24.3 Å². The molecule has 0 heterocycles. The van der Waals surface area contributed by atoms with Crippen LogP contribution < -0.4 is 9.57 Å². The van der Waals surface area contributed by atoms with Crippen molar-refractivity contribution in [2.75, 3.05) is 0 Å². The molecule has 3 aromatic carbocycles. The Labute approximate surface area is 177 Å². The van der Waals surface area contributed by atoms with Gasteiger partial charge in [-0.25, -0.2) is 4.83 Å². The van der Waals surface area contributed by atoms with Crippen LogP contribution in [-0.2, 0) is 16.6 Å². The highest BCUT2D eigenvalue weighted by Crippen LogP contribution is 2.16. The van der Waals surface area contributed by atoms with Crippen molar-refractivity contribution < 1.29 is 13.2 Å². The van der Waals surface area contributed by atoms with Gasteiger partial charge in [-0.3, -0.25) is 0 Å². The van der Waals surface area contributed by atoms with E-state index in [9.17, 15) is 8.42 Å². The molecular weight excluding hydrogens is 464 g/mol. The van der Waals surface area contributed by atoms with E-state index in [0.29, 0.717) is 17.4 Å². The standard InChI is InChI=1S/C20H16BrClN2O3S/c21-17-5-1-16(2-6-17)14-27-19-9-3-15(4-10-19)13-23-24-28(25,26)20-11-7-18(22)8-12-20/h1-13,24H,14H2/b23-13+. The number of hydrazone groups is 1. The van der Waals surface area contributed by atoms with E-state index in [1.165, 1.54) is 30.5 Å². The number of rotatable bonds is 7. The van der Waals surface area contributed by atoms with Crippen molar-refractivity contribution in [3.05, 3.63) is 93.4 Å². The van der Waals surface area contributed by atoms with Gasteiger partial charge in [0.05, 0.1) is 11.1 Å². The Balaban J connectivity index is 1.56. The maximum Gasteiger partial charge on any atom is 0.276 e. The van der Waals surface area contributed by atoms with E-state index in [4.69, 9.17) is 16.3 Å². The van der Waals surface area contributed by atoms with Crippen LogP contribution in [-0.4, -0.2) is 14.6 Å². The zero-order valence-electron chi connectivity index (χ0n) is 14.5. The first kappa shape index (κ1) is 20.4. The van der Waals surface area contributed by atoms with E-state index in [1.807, 2.05) is 24.3 Å². The van der Waals surface area contributed by atoms with Crippen molar-refractivity contribution >= 4 is 43.8 Å². The molecule has 0 fully saturated rings. The lowest BCUT2D eigenvalue weighted by Gasteiger charge is -2.07. The highest BCUT2D eigenvalue weighted by atomic mass is 79.9. The highest BCUT2D eigenvalue weighted by Gasteiger charge is 2.11. The second-order valence-electron chi connectivity index (χ2n) is 5.79. The second-order valence-corrected chi connectivity index (χ2v) is 8.80. The molecule has 0 atom stereocenters. The van der Waals surface area contributed by atoms with Crippen LogP contribution in [0.5, 0.6) is 5.75 Å². The molecule has 0 aliphatic heterocycles. The van der Waals surface area contributed by atoms with Gasteiger partial charge in [-0.2, -0.15) is 13.5 Å². The van der Waals surface area contributed by atoms with Crippen molar-refractivity contribution in [2.45, 2.75) is 11.5 Å². The minimum Gasteiger partial charge on any atom is -0.489 e. The summed E-state index contributed by atoms with van der Waals surface area (Å²) in [5.41, 5.74) is 1.79. The van der Waals surface area contributed by atoms with Gasteiger partial charge in [-0.05, 0) is 71.8 Å². The van der Waals surface area contributed by atoms with Crippen LogP contribution in [0.3, 0.4) is 0 Å². The van der Waals surface area contributed by atoms with E-state index >= 15 is 0 Å². The van der Waals surface area contributed by atoms with Gasteiger partial charge in [-0.1, -0.05) is 39.7 Å². The molecule has 3 aromatic rings. The van der Waals surface area contributed by atoms with Gasteiger partial charge in [0.2, 0.25) is 0 Å². The Hall–Kier alpha value is -2.35. The minimum absolute atomic E-state index is 0.0886. The summed E-state index contributed by atoms with van der Waals surface area (Å²) >= 11 is 9.16. The molecule has 0 radical (unpaired) electrons. The fraction of sp³-hybridized carbons (Fsp3) is 0.0500. The average Bonchev–Trinajstić information content (AvgIpc) is 2.69. The van der Waals surface area contributed by atoms with Gasteiger partial charge >= 0.3 is 0 Å². The van der Waals surface area contributed by atoms with Gasteiger partial charge in [0.1, 0.15) is 12.4 Å². The van der Waals surface area contributed by atoms with Gasteiger partial charge in [0, 0.05) is 9.50 Å². The number of nitrogens with zero attached hydrogens (tertiary/aromatic N) is 1. The van der Waals surface area contributed by atoms with Gasteiger partial charge in [-0.15, -0.1) is 0 Å². The van der Waals surface area contributed by atoms with Crippen LogP contribution in [0.2, 0.25) is 5.02 Å². The molecular formula is C20H16BrClN2O3S. The van der Waals surface area contributed by atoms with E-state index in [0.717, 1.165) is 15.6 Å². The fourth-order valence-electron chi connectivity index (χ4n) is 2.23. The first-order valence-electron chi connectivity index (χ1n) is 8.20. The molecule has 28 heavy (non-hydrogen) atoms. The fourth-order valence-corrected chi connectivity index (χ4v) is 3.42. The molecule has 5 nitrogen and oxygen atoms in total. The van der Waals surface area contributed by atoms with Gasteiger partial charge in [0.15, 0.2) is 0 Å². The van der Waals surface area contributed by atoms with Gasteiger partial charge < -0.3 is 4.74 Å². The van der Waals surface area contributed by atoms with Crippen LogP contribution in [0.15, 0.2) is 87.3 Å². The zero-order valence-corrected chi connectivity index (χ0v) is 17.7. The molecule has 0 amide bonds. The monoisotopic (exact) mass is 478 g/mol. The van der Waals surface area contributed by atoms with Gasteiger partial charge in [0.25, 0.3) is 10.0 Å². The Morgan fingerprint density at radius 3 is 2.25 bits per heavy atom. The summed E-state index contributed by atoms with van der Waals surface area (Å²) in [5, 5.41) is 4.27. The largest absolute Gasteiger partial charge is 0.489 e. The third kappa shape index (κ3) is 5.82. The van der Waals surface area contributed by atoms with E-state index in [2.05, 4.69) is 25.9 Å². The molecule has 3 rings (SSSR count). The smallest absolute Gasteiger partial charge is 0.276 e. The summed E-state index contributed by atoms with van der Waals surface area (Å²) in [4.78, 5) is 2.26. The molecule has 0 aromatic heterocycles. The summed E-state index contributed by atoms with van der Waals surface area (Å²) < 4.78 is 31.0. The molecule has 0 aliphatic rings. The Morgan fingerprint density at radius 2 is 1.61 bits per heavy atom. The Morgan fingerprint density at radius 1 is 0.964 bits per heavy atom. The highest BCUT2D eigenvalue weighted by molar-refractivity contribution is 9.10. The van der Waals surface area contributed by atoms with Crippen LogP contribution in [0.4, 0.5) is 0 Å². The number of hydrogen-bond acceptors (Lipinski definition) is 4. The number of ether oxygens (including phenoxy) is 1. The first-order chi connectivity index (χ1) is 13.4. The third-order valence-corrected chi connectivity index (χ3v) is 5.73. The van der Waals surface area contributed by atoms with E-state index in [-0.39, 0.29) is 4.90 Å². The normalized spacial score (nSPS) is 11.5. The number of nitrogens with one attached hydrogen (secondary N) is 1. The third-order valence-electron chi connectivity index (χ3n) is 3.71. The predicted molar refractivity (Wildman–Crippen MR) is 114 cm³/mol. The maximum absolute atomic E-state index is 12.1. The number of hydrogen-bond donors (Lipinski definition) is 1. The average molecular weight is 480 g/mol. The molecule has 0 saturated heterocycles. The number of halogens is 2. The molecule has 8 heteroatoms. The second kappa shape index (κ2) is 9.23. The summed E-state index contributed by atoms with van der Waals surface area (Å²) in [6.45, 7) is 0.460. The Kier molecular flexibility index (Phi) is 6.72. The predicted octanol–water partition coefficient (Wildman–Crippen LogP) is 4.99. The topological polar surface area (TPSA) is 67.8 Å². The van der Waals surface area contributed by atoms with Crippen LogP contribution in [0.25, 0.3) is 0 Å². The minimum atomic E-state index is -3.73. The molecule has 0 unspecified atom stereocenters. The SMILES string of the molecule is O=S(=O)(N/N=C/c1ccc(OCc2ccc(Br)cc2)cc1)c1ccc(Cl)cc1. The van der Waals surface area contributed by atoms with Crippen molar-refractivity contribution in [2.24, 2.45) is 5.10 Å². The van der Waals surface area contributed by atoms with Crippen molar-refractivity contribution in [3.8, 4) is 5.75 Å². The van der Waals surface area contributed by atoms with Crippen molar-refractivity contribution in [3.63, 3.8) is 0 Å². The molecule has 0 bridgehead atoms. The summed E-state index contributed by atoms with van der Waals surface area (Å²) in [6.07, 6.45) is 1.42. The number of sulfonamides is 1. The summed E-state index contributed by atoms with van der Waals surface area (Å²) in [6, 6.07) is 20.9. The lowest BCUT2D eigenvalue weighted by molar-refractivity contribution is 0.306. The Bertz CT molecular complexity index is 1050. The van der Waals surface area contributed by atoms with Crippen molar-refractivity contribution in [1.82, 2.24) is 4.83 Å². The lowest BCUT2D eigenvalue weighted by Crippen LogP contribution is -2.18. The lowest BCUT2D eigenvalue weighted by atomic mass is 10.2. The maximum atomic E-state index is 12.1. The first-order valence-corrected chi connectivity index (χ1v) is 10.9. The summed E-state index contributed by atoms with van der Waals surface area (Å²) in [5.74, 6) is 0.710.